The van der Waals surface area contributed by atoms with E-state index >= 15 is 0 Å². The molecule has 1 aliphatic rings. The monoisotopic (exact) mass is 554 g/mol. The van der Waals surface area contributed by atoms with Crippen LogP contribution in [0.1, 0.15) is 63.9 Å². The van der Waals surface area contributed by atoms with Crippen LogP contribution in [-0.4, -0.2) is 30.4 Å². The maximum Gasteiger partial charge on any atom is 0.499 e. The predicted molar refractivity (Wildman–Crippen MR) is 164 cm³/mol. The number of ether oxygens (including phenoxy) is 1. The standard InChI is InChI=1S/C22H26S2.C4H5BO2S.C4H8O/c1-2-3-4-5-6-7-9-18-11-13-19(14-12-18)20-15-16-22(24-20)21-10-8-17-23-21;6-5(7)4-2-1-3-8-4;1-2-4-5-3-1/h8,10-17H,2-7,9H2,1H3;1-3,6-7H;1-4H2. The number of thiophene rings is 3. The second kappa shape index (κ2) is 17.7. The van der Waals surface area contributed by atoms with E-state index in [1.807, 2.05) is 22.7 Å². The molecule has 0 unspecified atom stereocenters. The van der Waals surface area contributed by atoms with Crippen LogP contribution >= 0.6 is 34.0 Å². The van der Waals surface area contributed by atoms with Crippen molar-refractivity contribution in [3.8, 4) is 20.2 Å². The van der Waals surface area contributed by atoms with Gasteiger partial charge in [0.25, 0.3) is 0 Å². The van der Waals surface area contributed by atoms with Crippen LogP contribution in [0.2, 0.25) is 0 Å². The summed E-state index contributed by atoms with van der Waals surface area (Å²) in [7, 11) is -1.30. The molecule has 7 heteroatoms. The topological polar surface area (TPSA) is 49.7 Å². The Labute approximate surface area is 235 Å². The van der Waals surface area contributed by atoms with Gasteiger partial charge >= 0.3 is 7.12 Å². The first-order chi connectivity index (χ1) is 18.2. The minimum atomic E-state index is -1.30. The quantitative estimate of drug-likeness (QED) is 0.153. The largest absolute Gasteiger partial charge is 0.499 e. The zero-order chi connectivity index (χ0) is 26.1. The average molecular weight is 555 g/mol. The van der Waals surface area contributed by atoms with Crippen molar-refractivity contribution in [3.05, 3.63) is 77.0 Å². The molecule has 0 atom stereocenters. The van der Waals surface area contributed by atoms with Crippen molar-refractivity contribution in [3.63, 3.8) is 0 Å². The van der Waals surface area contributed by atoms with Crippen LogP contribution in [0.15, 0.2) is 71.4 Å². The first-order valence-electron chi connectivity index (χ1n) is 13.4. The molecule has 4 heterocycles. The summed E-state index contributed by atoms with van der Waals surface area (Å²) in [5.41, 5.74) is 2.82. The molecule has 0 aliphatic carbocycles. The smallest absolute Gasteiger partial charge is 0.423 e. The maximum atomic E-state index is 8.48. The fraction of sp³-hybridized carbons (Fsp3) is 0.400. The Hall–Kier alpha value is -1.74. The Morgan fingerprint density at radius 1 is 0.730 bits per heavy atom. The second-order valence-electron chi connectivity index (χ2n) is 9.06. The molecule has 0 amide bonds. The van der Waals surface area contributed by atoms with Crippen molar-refractivity contribution >= 4 is 45.9 Å². The average Bonchev–Trinajstić information content (AvgIpc) is 3.75. The summed E-state index contributed by atoms with van der Waals surface area (Å²) < 4.78 is 5.53. The lowest BCUT2D eigenvalue weighted by Gasteiger charge is -2.04. The maximum absolute atomic E-state index is 8.48. The van der Waals surface area contributed by atoms with Gasteiger partial charge in [0, 0.05) is 32.6 Å². The SMILES string of the molecule is C1CCOC1.CCCCCCCCc1ccc(-c2ccc(-c3cccs3)s2)cc1.OB(O)c1cccs1. The minimum Gasteiger partial charge on any atom is -0.423 e. The Morgan fingerprint density at radius 3 is 1.97 bits per heavy atom. The summed E-state index contributed by atoms with van der Waals surface area (Å²) in [4.78, 5) is 4.10. The molecule has 1 fully saturated rings. The van der Waals surface area contributed by atoms with Gasteiger partial charge in [0.1, 0.15) is 0 Å². The highest BCUT2D eigenvalue weighted by Crippen LogP contribution is 2.36. The Kier molecular flexibility index (Phi) is 14.3. The van der Waals surface area contributed by atoms with Crippen LogP contribution < -0.4 is 4.78 Å². The van der Waals surface area contributed by atoms with Crippen molar-refractivity contribution in [2.45, 2.75) is 64.7 Å². The first kappa shape index (κ1) is 29.8. The lowest BCUT2D eigenvalue weighted by Crippen LogP contribution is -2.26. The van der Waals surface area contributed by atoms with Gasteiger partial charge in [-0.05, 0) is 65.8 Å². The molecule has 0 bridgehead atoms. The van der Waals surface area contributed by atoms with E-state index in [2.05, 4.69) is 60.8 Å². The second-order valence-corrected chi connectivity index (χ2v) is 12.1. The third kappa shape index (κ3) is 11.3. The van der Waals surface area contributed by atoms with Crippen molar-refractivity contribution in [2.24, 2.45) is 0 Å². The molecule has 37 heavy (non-hydrogen) atoms. The molecule has 1 aromatic carbocycles. The van der Waals surface area contributed by atoms with Crippen LogP contribution in [0.3, 0.4) is 0 Å². The molecular formula is C30H39BO3S3. The Balaban J connectivity index is 0.000000237. The van der Waals surface area contributed by atoms with E-state index in [0.717, 1.165) is 13.2 Å². The highest BCUT2D eigenvalue weighted by molar-refractivity contribution is 7.23. The first-order valence-corrected chi connectivity index (χ1v) is 15.9. The summed E-state index contributed by atoms with van der Waals surface area (Å²) in [5.74, 6) is 0. The van der Waals surface area contributed by atoms with Gasteiger partial charge in [0.2, 0.25) is 0 Å². The zero-order valence-electron chi connectivity index (χ0n) is 21.8. The molecule has 198 valence electrons. The Bertz CT molecular complexity index is 1060. The van der Waals surface area contributed by atoms with E-state index < -0.39 is 7.12 Å². The molecule has 3 nitrogen and oxygen atoms in total. The highest BCUT2D eigenvalue weighted by atomic mass is 32.1. The summed E-state index contributed by atoms with van der Waals surface area (Å²) >= 11 is 5.03. The minimum absolute atomic E-state index is 0.588. The van der Waals surface area contributed by atoms with Crippen molar-refractivity contribution in [1.82, 2.24) is 0 Å². The van der Waals surface area contributed by atoms with Crippen LogP contribution in [0.25, 0.3) is 20.2 Å². The fourth-order valence-electron chi connectivity index (χ4n) is 3.94. The van der Waals surface area contributed by atoms with Gasteiger partial charge in [-0.2, -0.15) is 11.3 Å². The summed E-state index contributed by atoms with van der Waals surface area (Å²) in [5, 5.41) is 20.9. The summed E-state index contributed by atoms with van der Waals surface area (Å²) in [6.45, 7) is 4.28. The van der Waals surface area contributed by atoms with Crippen LogP contribution in [0.5, 0.6) is 0 Å². The molecule has 5 rings (SSSR count). The van der Waals surface area contributed by atoms with E-state index in [0.29, 0.717) is 4.78 Å². The highest BCUT2D eigenvalue weighted by Gasteiger charge is 2.10. The lowest BCUT2D eigenvalue weighted by atomic mass is 9.90. The molecule has 2 N–H and O–H groups in total. The third-order valence-electron chi connectivity index (χ3n) is 6.05. The van der Waals surface area contributed by atoms with Gasteiger partial charge in [-0.1, -0.05) is 81.5 Å². The van der Waals surface area contributed by atoms with E-state index in [1.165, 1.54) is 94.9 Å². The van der Waals surface area contributed by atoms with Gasteiger partial charge in [-0.25, -0.2) is 0 Å². The number of hydrogen-bond acceptors (Lipinski definition) is 6. The molecule has 4 aromatic rings. The van der Waals surface area contributed by atoms with Crippen LogP contribution in [0.4, 0.5) is 0 Å². The molecule has 0 spiro atoms. The summed E-state index contributed by atoms with van der Waals surface area (Å²) in [6.07, 6.45) is 12.0. The molecule has 1 aliphatic heterocycles. The van der Waals surface area contributed by atoms with Crippen LogP contribution in [0, 0.1) is 0 Å². The van der Waals surface area contributed by atoms with E-state index in [-0.39, 0.29) is 0 Å². The lowest BCUT2D eigenvalue weighted by molar-refractivity contribution is 0.198. The van der Waals surface area contributed by atoms with E-state index in [4.69, 9.17) is 14.8 Å². The van der Waals surface area contributed by atoms with Gasteiger partial charge in [0.15, 0.2) is 0 Å². The third-order valence-corrected chi connectivity index (χ3v) is 9.16. The zero-order valence-corrected chi connectivity index (χ0v) is 24.3. The van der Waals surface area contributed by atoms with Gasteiger partial charge in [-0.3, -0.25) is 0 Å². The molecule has 1 saturated heterocycles. The normalized spacial score (nSPS) is 12.4. The van der Waals surface area contributed by atoms with Crippen molar-refractivity contribution in [1.29, 1.82) is 0 Å². The van der Waals surface area contributed by atoms with E-state index in [9.17, 15) is 0 Å². The molecule has 3 aromatic heterocycles. The van der Waals surface area contributed by atoms with Crippen LogP contribution in [-0.2, 0) is 11.2 Å². The Morgan fingerprint density at radius 2 is 1.41 bits per heavy atom. The molecule has 0 radical (unpaired) electrons. The number of hydrogen-bond donors (Lipinski definition) is 2. The molecular weight excluding hydrogens is 515 g/mol. The van der Waals surface area contributed by atoms with Gasteiger partial charge in [0.05, 0.1) is 0 Å². The number of unbranched alkanes of at least 4 members (excludes halogenated alkanes) is 5. The predicted octanol–water partition coefficient (Wildman–Crippen LogP) is 8.27. The van der Waals surface area contributed by atoms with Gasteiger partial charge < -0.3 is 14.8 Å². The van der Waals surface area contributed by atoms with Crippen molar-refractivity contribution < 1.29 is 14.8 Å². The van der Waals surface area contributed by atoms with Gasteiger partial charge in [-0.15, -0.1) is 22.7 Å². The van der Waals surface area contributed by atoms with Crippen molar-refractivity contribution in [2.75, 3.05) is 13.2 Å². The number of benzene rings is 1. The fourth-order valence-corrected chi connectivity index (χ4v) is 6.38. The number of rotatable bonds is 10. The number of aryl methyl sites for hydroxylation is 1. The van der Waals surface area contributed by atoms with E-state index in [1.54, 1.807) is 17.5 Å². The summed E-state index contributed by atoms with van der Waals surface area (Å²) in [6, 6.07) is 21.5. The molecule has 0 saturated carbocycles.